The Morgan fingerprint density at radius 1 is 1.47 bits per heavy atom. The SMILES string of the molecule is COCCCN(C)CC(=O)N(C)C(C)c1cccs1. The standard InChI is InChI=1S/C14H24N2O2S/c1-12(13-7-5-10-19-13)16(3)14(17)11-15(2)8-6-9-18-4/h5,7,10,12H,6,8-9,11H2,1-4H3. The summed E-state index contributed by atoms with van der Waals surface area (Å²) < 4.78 is 5.01. The maximum absolute atomic E-state index is 12.2. The number of nitrogens with zero attached hydrogens (tertiary/aromatic N) is 2. The van der Waals surface area contributed by atoms with Crippen LogP contribution in [-0.4, -0.2) is 56.6 Å². The summed E-state index contributed by atoms with van der Waals surface area (Å²) in [5, 5.41) is 2.04. The maximum Gasteiger partial charge on any atom is 0.237 e. The van der Waals surface area contributed by atoms with E-state index in [4.69, 9.17) is 4.74 Å². The van der Waals surface area contributed by atoms with Gasteiger partial charge in [-0.05, 0) is 31.8 Å². The summed E-state index contributed by atoms with van der Waals surface area (Å²) in [6, 6.07) is 4.23. The highest BCUT2D eigenvalue weighted by Gasteiger charge is 2.19. The van der Waals surface area contributed by atoms with Gasteiger partial charge in [0, 0.05) is 32.2 Å². The fourth-order valence-corrected chi connectivity index (χ4v) is 2.66. The van der Waals surface area contributed by atoms with Crippen LogP contribution in [0.3, 0.4) is 0 Å². The van der Waals surface area contributed by atoms with Crippen LogP contribution < -0.4 is 0 Å². The molecule has 1 rings (SSSR count). The minimum atomic E-state index is 0.139. The highest BCUT2D eigenvalue weighted by atomic mass is 32.1. The number of amides is 1. The molecule has 0 N–H and O–H groups in total. The molecule has 1 aromatic rings. The van der Waals surface area contributed by atoms with Crippen molar-refractivity contribution < 1.29 is 9.53 Å². The molecule has 0 aliphatic heterocycles. The zero-order chi connectivity index (χ0) is 14.3. The number of hydrogen-bond donors (Lipinski definition) is 0. The first kappa shape index (κ1) is 16.1. The van der Waals surface area contributed by atoms with Crippen molar-refractivity contribution >= 4 is 17.2 Å². The van der Waals surface area contributed by atoms with Gasteiger partial charge in [-0.15, -0.1) is 11.3 Å². The van der Waals surface area contributed by atoms with E-state index in [1.807, 2.05) is 35.3 Å². The van der Waals surface area contributed by atoms with E-state index in [2.05, 4.69) is 13.0 Å². The third-order valence-electron chi connectivity index (χ3n) is 3.22. The summed E-state index contributed by atoms with van der Waals surface area (Å²) in [6.45, 7) is 4.13. The summed E-state index contributed by atoms with van der Waals surface area (Å²) in [4.78, 5) is 17.3. The van der Waals surface area contributed by atoms with Gasteiger partial charge in [-0.2, -0.15) is 0 Å². The number of carbonyl (C=O) groups is 1. The molecule has 1 heterocycles. The van der Waals surface area contributed by atoms with E-state index in [0.29, 0.717) is 6.54 Å². The second-order valence-corrected chi connectivity index (χ2v) is 5.76. The van der Waals surface area contributed by atoms with Crippen LogP contribution in [0.4, 0.5) is 0 Å². The van der Waals surface area contributed by atoms with Crippen LogP contribution in [0.25, 0.3) is 0 Å². The van der Waals surface area contributed by atoms with Crippen LogP contribution in [0.15, 0.2) is 17.5 Å². The number of ether oxygens (including phenoxy) is 1. The van der Waals surface area contributed by atoms with Crippen LogP contribution >= 0.6 is 11.3 Å². The van der Waals surface area contributed by atoms with Gasteiger partial charge >= 0.3 is 0 Å². The van der Waals surface area contributed by atoms with E-state index in [9.17, 15) is 4.79 Å². The highest BCUT2D eigenvalue weighted by molar-refractivity contribution is 7.10. The minimum Gasteiger partial charge on any atom is -0.385 e. The molecule has 0 radical (unpaired) electrons. The average molecular weight is 284 g/mol. The van der Waals surface area contributed by atoms with E-state index in [1.54, 1.807) is 18.4 Å². The van der Waals surface area contributed by atoms with Gasteiger partial charge in [0.05, 0.1) is 12.6 Å². The van der Waals surface area contributed by atoms with Crippen molar-refractivity contribution in [3.63, 3.8) is 0 Å². The quantitative estimate of drug-likeness (QED) is 0.686. The third-order valence-corrected chi connectivity index (χ3v) is 4.27. The predicted octanol–water partition coefficient (Wildman–Crippen LogP) is 2.24. The van der Waals surface area contributed by atoms with Gasteiger partial charge in [0.1, 0.15) is 0 Å². The lowest BCUT2D eigenvalue weighted by atomic mass is 10.2. The smallest absolute Gasteiger partial charge is 0.237 e. The first-order valence-corrected chi connectivity index (χ1v) is 7.40. The topological polar surface area (TPSA) is 32.8 Å². The molecular weight excluding hydrogens is 260 g/mol. The maximum atomic E-state index is 12.2. The normalized spacial score (nSPS) is 12.7. The predicted molar refractivity (Wildman–Crippen MR) is 79.5 cm³/mol. The van der Waals surface area contributed by atoms with Gasteiger partial charge in [-0.1, -0.05) is 6.07 Å². The molecule has 0 aliphatic carbocycles. The molecule has 0 aliphatic rings. The second kappa shape index (κ2) is 8.30. The fourth-order valence-electron chi connectivity index (χ4n) is 1.84. The van der Waals surface area contributed by atoms with Crippen molar-refractivity contribution in [1.82, 2.24) is 9.80 Å². The van der Waals surface area contributed by atoms with E-state index in [-0.39, 0.29) is 11.9 Å². The third kappa shape index (κ3) is 5.30. The fraction of sp³-hybridized carbons (Fsp3) is 0.643. The summed E-state index contributed by atoms with van der Waals surface area (Å²) in [5.74, 6) is 0.154. The largest absolute Gasteiger partial charge is 0.385 e. The van der Waals surface area contributed by atoms with E-state index >= 15 is 0 Å². The summed E-state index contributed by atoms with van der Waals surface area (Å²) >= 11 is 1.69. The lowest BCUT2D eigenvalue weighted by Crippen LogP contribution is -2.38. The molecule has 1 atom stereocenters. The van der Waals surface area contributed by atoms with Crippen molar-refractivity contribution in [3.05, 3.63) is 22.4 Å². The van der Waals surface area contributed by atoms with Crippen LogP contribution in [0.1, 0.15) is 24.3 Å². The Balaban J connectivity index is 2.39. The van der Waals surface area contributed by atoms with Gasteiger partial charge in [0.15, 0.2) is 0 Å². The summed E-state index contributed by atoms with van der Waals surface area (Å²) in [6.07, 6.45) is 0.949. The van der Waals surface area contributed by atoms with Gasteiger partial charge in [-0.25, -0.2) is 0 Å². The summed E-state index contributed by atoms with van der Waals surface area (Å²) in [7, 11) is 5.54. The zero-order valence-corrected chi connectivity index (χ0v) is 13.1. The number of hydrogen-bond acceptors (Lipinski definition) is 4. The molecule has 4 nitrogen and oxygen atoms in total. The average Bonchev–Trinajstić information content (AvgIpc) is 2.91. The molecule has 0 aromatic carbocycles. The van der Waals surface area contributed by atoms with Gasteiger partial charge in [0.25, 0.3) is 0 Å². The van der Waals surface area contributed by atoms with Gasteiger partial charge < -0.3 is 9.64 Å². The number of methoxy groups -OCH3 is 1. The highest BCUT2D eigenvalue weighted by Crippen LogP contribution is 2.23. The van der Waals surface area contributed by atoms with Crippen molar-refractivity contribution in [2.45, 2.75) is 19.4 Å². The molecule has 0 bridgehead atoms. The van der Waals surface area contributed by atoms with Crippen LogP contribution in [-0.2, 0) is 9.53 Å². The Hall–Kier alpha value is -0.910. The Bertz CT molecular complexity index is 368. The lowest BCUT2D eigenvalue weighted by molar-refractivity contribution is -0.132. The molecule has 108 valence electrons. The summed E-state index contributed by atoms with van der Waals surface area (Å²) in [5.41, 5.74) is 0. The Labute approximate surface area is 120 Å². The lowest BCUT2D eigenvalue weighted by Gasteiger charge is -2.26. The molecule has 1 aromatic heterocycles. The van der Waals surface area contributed by atoms with E-state index in [1.165, 1.54) is 4.88 Å². The van der Waals surface area contributed by atoms with Gasteiger partial charge in [0.2, 0.25) is 5.91 Å². The van der Waals surface area contributed by atoms with Crippen LogP contribution in [0.5, 0.6) is 0 Å². The van der Waals surface area contributed by atoms with Gasteiger partial charge in [-0.3, -0.25) is 9.69 Å². The molecule has 0 spiro atoms. The van der Waals surface area contributed by atoms with Crippen molar-refractivity contribution in [2.75, 3.05) is 40.9 Å². The molecule has 1 unspecified atom stereocenters. The Kier molecular flexibility index (Phi) is 7.05. The molecule has 0 fully saturated rings. The van der Waals surface area contributed by atoms with Crippen molar-refractivity contribution in [1.29, 1.82) is 0 Å². The number of carbonyl (C=O) groups excluding carboxylic acids is 1. The Morgan fingerprint density at radius 3 is 2.79 bits per heavy atom. The zero-order valence-electron chi connectivity index (χ0n) is 12.3. The van der Waals surface area contributed by atoms with Crippen LogP contribution in [0, 0.1) is 0 Å². The number of rotatable bonds is 8. The van der Waals surface area contributed by atoms with Crippen molar-refractivity contribution in [3.8, 4) is 0 Å². The molecular formula is C14H24N2O2S. The number of thiophene rings is 1. The second-order valence-electron chi connectivity index (χ2n) is 4.78. The van der Waals surface area contributed by atoms with E-state index in [0.717, 1.165) is 19.6 Å². The van der Waals surface area contributed by atoms with Crippen LogP contribution in [0.2, 0.25) is 0 Å². The monoisotopic (exact) mass is 284 g/mol. The molecule has 0 saturated heterocycles. The first-order valence-electron chi connectivity index (χ1n) is 6.52. The Morgan fingerprint density at radius 2 is 2.21 bits per heavy atom. The first-order chi connectivity index (χ1) is 9.06. The molecule has 5 heteroatoms. The molecule has 19 heavy (non-hydrogen) atoms. The molecule has 0 saturated carbocycles. The number of likely N-dealkylation sites (N-methyl/N-ethyl adjacent to an activating group) is 2. The molecule has 1 amide bonds. The van der Waals surface area contributed by atoms with Crippen molar-refractivity contribution in [2.24, 2.45) is 0 Å². The minimum absolute atomic E-state index is 0.139. The van der Waals surface area contributed by atoms with E-state index < -0.39 is 0 Å².